The van der Waals surface area contributed by atoms with Crippen LogP contribution >= 0.6 is 0 Å². The second-order valence-electron chi connectivity index (χ2n) is 3.37. The molecule has 0 atom stereocenters. The third-order valence-corrected chi connectivity index (χ3v) is 1.74. The third kappa shape index (κ3) is 6.60. The molecule has 0 aromatic carbocycles. The van der Waals surface area contributed by atoms with Gasteiger partial charge in [0.2, 0.25) is 11.9 Å². The van der Waals surface area contributed by atoms with Gasteiger partial charge >= 0.3 is 12.2 Å². The number of carbonyl (C=O) groups is 1. The Labute approximate surface area is 106 Å². The summed E-state index contributed by atoms with van der Waals surface area (Å²) in [5.74, 6) is -0.481. The molecule has 0 radical (unpaired) electrons. The van der Waals surface area contributed by atoms with Crippen molar-refractivity contribution in [2.45, 2.75) is 19.5 Å². The lowest BCUT2D eigenvalue weighted by molar-refractivity contribution is -0.174. The van der Waals surface area contributed by atoms with Gasteiger partial charge in [0.25, 0.3) is 0 Å². The lowest BCUT2D eigenvalue weighted by Gasteiger charge is -2.06. The number of halogens is 3. The number of ether oxygens (including phenoxy) is 2. The molecule has 1 rings (SSSR count). The number of hydrogen-bond donors (Lipinski definition) is 2. The van der Waals surface area contributed by atoms with Gasteiger partial charge in [-0.2, -0.15) is 18.2 Å². The topological polar surface area (TPSA) is 89.1 Å². The Balaban J connectivity index is 2.23. The lowest BCUT2D eigenvalue weighted by Crippen LogP contribution is -2.20. The van der Waals surface area contributed by atoms with Crippen molar-refractivity contribution in [3.8, 4) is 6.01 Å². The van der Waals surface area contributed by atoms with E-state index in [9.17, 15) is 18.0 Å². The van der Waals surface area contributed by atoms with Gasteiger partial charge in [-0.05, 0) is 6.92 Å². The minimum absolute atomic E-state index is 0.0595. The second kappa shape index (κ2) is 6.92. The van der Waals surface area contributed by atoms with Crippen LogP contribution in [0.2, 0.25) is 0 Å². The first-order chi connectivity index (χ1) is 8.90. The van der Waals surface area contributed by atoms with Crippen molar-refractivity contribution in [1.82, 2.24) is 15.2 Å². The maximum absolute atomic E-state index is 11.7. The van der Waals surface area contributed by atoms with E-state index in [4.69, 9.17) is 4.74 Å². The van der Waals surface area contributed by atoms with Crippen molar-refractivity contribution >= 4 is 11.9 Å². The monoisotopic (exact) mass is 282 g/mol. The highest BCUT2D eigenvalue weighted by Gasteiger charge is 2.27. The Kier molecular flexibility index (Phi) is 5.55. The van der Waals surface area contributed by atoms with Crippen LogP contribution in [0.15, 0.2) is 0 Å². The fourth-order valence-electron chi connectivity index (χ4n) is 1.04. The Hall–Kier alpha value is -1.84. The van der Waals surface area contributed by atoms with Crippen molar-refractivity contribution in [3.63, 3.8) is 0 Å². The molecule has 0 bridgehead atoms. The SMILES string of the molecule is CCOc1n[nH]c(NC(=O)CCOCC(F)(F)F)n1. The van der Waals surface area contributed by atoms with Gasteiger partial charge < -0.3 is 9.47 Å². The summed E-state index contributed by atoms with van der Waals surface area (Å²) >= 11 is 0. The molecule has 1 amide bonds. The van der Waals surface area contributed by atoms with Crippen LogP contribution < -0.4 is 10.1 Å². The number of hydrogen-bond acceptors (Lipinski definition) is 5. The first-order valence-corrected chi connectivity index (χ1v) is 5.40. The van der Waals surface area contributed by atoms with Gasteiger partial charge in [0.05, 0.1) is 19.6 Å². The quantitative estimate of drug-likeness (QED) is 0.731. The minimum Gasteiger partial charge on any atom is -0.463 e. The van der Waals surface area contributed by atoms with E-state index in [1.165, 1.54) is 0 Å². The maximum atomic E-state index is 11.7. The predicted octanol–water partition coefficient (Wildman–Crippen LogP) is 1.11. The number of rotatable bonds is 7. The average molecular weight is 282 g/mol. The number of alkyl halides is 3. The van der Waals surface area contributed by atoms with Crippen LogP contribution in [-0.2, 0) is 9.53 Å². The summed E-state index contributed by atoms with van der Waals surface area (Å²) in [5.41, 5.74) is 0. The van der Waals surface area contributed by atoms with Crippen LogP contribution in [-0.4, -0.2) is 47.1 Å². The van der Waals surface area contributed by atoms with E-state index < -0.39 is 18.7 Å². The largest absolute Gasteiger partial charge is 0.463 e. The predicted molar refractivity (Wildman–Crippen MR) is 57.7 cm³/mol. The molecule has 7 nitrogen and oxygen atoms in total. The zero-order valence-electron chi connectivity index (χ0n) is 10.1. The number of nitrogens with one attached hydrogen (secondary N) is 2. The molecule has 19 heavy (non-hydrogen) atoms. The van der Waals surface area contributed by atoms with Crippen molar-refractivity contribution < 1.29 is 27.4 Å². The van der Waals surface area contributed by atoms with Crippen LogP contribution in [0, 0.1) is 0 Å². The van der Waals surface area contributed by atoms with Crippen molar-refractivity contribution in [3.05, 3.63) is 0 Å². The lowest BCUT2D eigenvalue weighted by atomic mass is 10.4. The number of H-pyrrole nitrogens is 1. The second-order valence-corrected chi connectivity index (χ2v) is 3.37. The number of carbonyl (C=O) groups excluding carboxylic acids is 1. The smallest absolute Gasteiger partial charge is 0.411 e. The summed E-state index contributed by atoms with van der Waals surface area (Å²) in [6, 6.07) is 0.0751. The first-order valence-electron chi connectivity index (χ1n) is 5.40. The van der Waals surface area contributed by atoms with Crippen molar-refractivity contribution in [2.75, 3.05) is 25.1 Å². The fourth-order valence-corrected chi connectivity index (χ4v) is 1.04. The minimum atomic E-state index is -4.40. The summed E-state index contributed by atoms with van der Waals surface area (Å²) < 4.78 is 44.5. The van der Waals surface area contributed by atoms with Crippen molar-refractivity contribution in [2.24, 2.45) is 0 Å². The average Bonchev–Trinajstić information content (AvgIpc) is 2.71. The third-order valence-electron chi connectivity index (χ3n) is 1.74. The number of amides is 1. The first kappa shape index (κ1) is 15.2. The zero-order valence-corrected chi connectivity index (χ0v) is 10.1. The van der Waals surface area contributed by atoms with Gasteiger partial charge in [0.15, 0.2) is 0 Å². The molecule has 0 saturated heterocycles. The summed E-state index contributed by atoms with van der Waals surface area (Å²) in [7, 11) is 0. The molecule has 0 fully saturated rings. The van der Waals surface area contributed by atoms with E-state index in [1.807, 2.05) is 0 Å². The Bertz CT molecular complexity index is 408. The molecule has 0 aliphatic heterocycles. The van der Waals surface area contributed by atoms with Gasteiger partial charge in [-0.1, -0.05) is 0 Å². The summed E-state index contributed by atoms with van der Waals surface area (Å²) in [6.45, 7) is 0.401. The molecule has 0 aliphatic rings. The molecule has 0 spiro atoms. The zero-order chi connectivity index (χ0) is 14.3. The van der Waals surface area contributed by atoms with Crippen LogP contribution in [0.4, 0.5) is 19.1 Å². The van der Waals surface area contributed by atoms with Crippen LogP contribution in [0.25, 0.3) is 0 Å². The number of anilines is 1. The van der Waals surface area contributed by atoms with E-state index in [1.54, 1.807) is 6.92 Å². The Morgan fingerprint density at radius 3 is 2.84 bits per heavy atom. The molecule has 108 valence electrons. The number of aromatic nitrogens is 3. The highest BCUT2D eigenvalue weighted by atomic mass is 19.4. The molecule has 10 heteroatoms. The standard InChI is InChI=1S/C9H13F3N4O3/c1-2-19-8-14-7(15-16-8)13-6(17)3-4-18-5-9(10,11)12/h2-5H2,1H3,(H2,13,14,15,16,17). The molecule has 0 saturated carbocycles. The Morgan fingerprint density at radius 1 is 1.47 bits per heavy atom. The molecular formula is C9H13F3N4O3. The fraction of sp³-hybridized carbons (Fsp3) is 0.667. The van der Waals surface area contributed by atoms with Gasteiger partial charge in [0, 0.05) is 0 Å². The molecule has 2 N–H and O–H groups in total. The molecule has 0 aliphatic carbocycles. The van der Waals surface area contributed by atoms with Gasteiger partial charge in [-0.3, -0.25) is 10.1 Å². The molecule has 1 aromatic rings. The normalized spacial score (nSPS) is 11.4. The van der Waals surface area contributed by atoms with E-state index in [0.717, 1.165) is 0 Å². The maximum Gasteiger partial charge on any atom is 0.411 e. The Morgan fingerprint density at radius 2 is 2.21 bits per heavy atom. The summed E-state index contributed by atoms with van der Waals surface area (Å²) in [6.07, 6.45) is -4.62. The van der Waals surface area contributed by atoms with E-state index in [0.29, 0.717) is 6.61 Å². The van der Waals surface area contributed by atoms with E-state index >= 15 is 0 Å². The highest BCUT2D eigenvalue weighted by Crippen LogP contribution is 2.14. The van der Waals surface area contributed by atoms with Gasteiger partial charge in [-0.25, -0.2) is 5.10 Å². The highest BCUT2D eigenvalue weighted by molar-refractivity contribution is 5.88. The molecule has 0 unspecified atom stereocenters. The van der Waals surface area contributed by atoms with Gasteiger partial charge in [-0.15, -0.1) is 5.10 Å². The summed E-state index contributed by atoms with van der Waals surface area (Å²) in [4.78, 5) is 15.1. The molecule has 1 heterocycles. The molecular weight excluding hydrogens is 269 g/mol. The number of nitrogens with zero attached hydrogens (tertiary/aromatic N) is 2. The van der Waals surface area contributed by atoms with Crippen LogP contribution in [0.3, 0.4) is 0 Å². The van der Waals surface area contributed by atoms with Crippen LogP contribution in [0.5, 0.6) is 6.01 Å². The van der Waals surface area contributed by atoms with Gasteiger partial charge in [0.1, 0.15) is 6.61 Å². The number of aromatic amines is 1. The van der Waals surface area contributed by atoms with E-state index in [-0.39, 0.29) is 25.0 Å². The van der Waals surface area contributed by atoms with Crippen LogP contribution in [0.1, 0.15) is 13.3 Å². The van der Waals surface area contributed by atoms with E-state index in [2.05, 4.69) is 25.2 Å². The van der Waals surface area contributed by atoms with Crippen molar-refractivity contribution in [1.29, 1.82) is 0 Å². The molecule has 1 aromatic heterocycles. The summed E-state index contributed by atoms with van der Waals surface area (Å²) in [5, 5.41) is 8.34.